The first kappa shape index (κ1) is 22.3. The number of aromatic nitrogens is 3. The highest BCUT2D eigenvalue weighted by atomic mass is 16.5. The number of benzene rings is 1. The molecule has 2 aromatic heterocycles. The molecule has 3 aromatic rings. The van der Waals surface area contributed by atoms with Crippen molar-refractivity contribution in [2.45, 2.75) is 39.2 Å². The van der Waals surface area contributed by atoms with Crippen molar-refractivity contribution in [3.05, 3.63) is 46.9 Å². The highest BCUT2D eigenvalue weighted by Crippen LogP contribution is 2.28. The van der Waals surface area contributed by atoms with Crippen LogP contribution in [-0.2, 0) is 22.4 Å². The van der Waals surface area contributed by atoms with Crippen molar-refractivity contribution < 1.29 is 19.1 Å². The predicted octanol–water partition coefficient (Wildman–Crippen LogP) is 3.34. The lowest BCUT2D eigenvalue weighted by atomic mass is 10.1. The molecule has 1 fully saturated rings. The number of hydrogen-bond acceptors (Lipinski definition) is 7. The number of ether oxygens (including phenoxy) is 2. The van der Waals surface area contributed by atoms with E-state index in [9.17, 15) is 9.59 Å². The molecule has 34 heavy (non-hydrogen) atoms. The lowest BCUT2D eigenvalue weighted by molar-refractivity contribution is 0.0602. The van der Waals surface area contributed by atoms with Gasteiger partial charge in [-0.25, -0.2) is 14.8 Å². The zero-order chi connectivity index (χ0) is 23.7. The zero-order valence-corrected chi connectivity index (χ0v) is 19.6. The molecule has 9 heteroatoms. The third-order valence-corrected chi connectivity index (χ3v) is 6.47. The van der Waals surface area contributed by atoms with Gasteiger partial charge >= 0.3 is 5.97 Å². The molecule has 2 aliphatic rings. The summed E-state index contributed by atoms with van der Waals surface area (Å²) in [5.74, 6) is 0.146. The van der Waals surface area contributed by atoms with Gasteiger partial charge in [-0.2, -0.15) is 0 Å². The van der Waals surface area contributed by atoms with Crippen molar-refractivity contribution in [1.29, 1.82) is 0 Å². The van der Waals surface area contributed by atoms with E-state index in [1.807, 2.05) is 13.0 Å². The van der Waals surface area contributed by atoms with Crippen molar-refractivity contribution in [3.63, 3.8) is 0 Å². The van der Waals surface area contributed by atoms with Crippen molar-refractivity contribution in [1.82, 2.24) is 14.5 Å². The number of nitrogens with zero attached hydrogens (tertiary/aromatic N) is 4. The first-order chi connectivity index (χ1) is 16.5. The molecule has 0 aliphatic carbocycles. The molecule has 1 amide bonds. The van der Waals surface area contributed by atoms with Crippen LogP contribution in [0.25, 0.3) is 11.2 Å². The number of fused-ring (bicyclic) bond motifs is 3. The number of methoxy groups -OCH3 is 1. The minimum Gasteiger partial charge on any atom is -0.465 e. The smallest absolute Gasteiger partial charge is 0.340 e. The molecule has 1 aromatic carbocycles. The molecule has 1 saturated heterocycles. The molecule has 9 nitrogen and oxygen atoms in total. The van der Waals surface area contributed by atoms with Crippen molar-refractivity contribution in [2.24, 2.45) is 0 Å². The number of hydrogen-bond donors (Lipinski definition) is 1. The Morgan fingerprint density at radius 2 is 1.85 bits per heavy atom. The Hall–Kier alpha value is -3.46. The number of anilines is 2. The zero-order valence-electron chi connectivity index (χ0n) is 19.6. The Morgan fingerprint density at radius 3 is 2.65 bits per heavy atom. The molecule has 0 unspecified atom stereocenters. The van der Waals surface area contributed by atoms with Crippen LogP contribution in [0.3, 0.4) is 0 Å². The summed E-state index contributed by atoms with van der Waals surface area (Å²) < 4.78 is 12.6. The summed E-state index contributed by atoms with van der Waals surface area (Å²) in [5.41, 5.74) is 4.15. The minimum absolute atomic E-state index is 0.308. The second-order valence-electron chi connectivity index (χ2n) is 8.75. The standard InChI is InChI=1S/C25H29N5O4/c1-16-14-19(22-23(26-16)30-9-5-3-4-6-21(30)28-22)24(31)27-20-8-7-17(15-18(20)25(32)33-2)29-10-12-34-13-11-29/h7-8,14-15H,3-6,9-13H2,1-2H3,(H,27,31). The third-order valence-electron chi connectivity index (χ3n) is 6.47. The Bertz CT molecular complexity index is 1250. The van der Waals surface area contributed by atoms with Crippen LogP contribution in [-0.4, -0.2) is 59.8 Å². The van der Waals surface area contributed by atoms with Crippen molar-refractivity contribution in [2.75, 3.05) is 43.6 Å². The number of esters is 1. The third kappa shape index (κ3) is 4.23. The molecule has 2 aliphatic heterocycles. The summed E-state index contributed by atoms with van der Waals surface area (Å²) in [6, 6.07) is 7.17. The SMILES string of the molecule is COC(=O)c1cc(N2CCOCC2)ccc1NC(=O)c1cc(C)nc2c1nc1n2CCCCC1. The van der Waals surface area contributed by atoms with Gasteiger partial charge < -0.3 is 24.3 Å². The summed E-state index contributed by atoms with van der Waals surface area (Å²) in [5, 5.41) is 2.92. The maximum absolute atomic E-state index is 13.4. The monoisotopic (exact) mass is 463 g/mol. The normalized spacial score (nSPS) is 16.1. The molecule has 178 valence electrons. The van der Waals surface area contributed by atoms with E-state index in [1.54, 1.807) is 18.2 Å². The summed E-state index contributed by atoms with van der Waals surface area (Å²) in [4.78, 5) is 37.7. The molecule has 0 radical (unpaired) electrons. The highest BCUT2D eigenvalue weighted by Gasteiger charge is 2.23. The quantitative estimate of drug-likeness (QED) is 0.593. The van der Waals surface area contributed by atoms with Crippen LogP contribution in [0, 0.1) is 6.92 Å². The second kappa shape index (κ2) is 9.42. The van der Waals surface area contributed by atoms with E-state index < -0.39 is 5.97 Å². The maximum Gasteiger partial charge on any atom is 0.340 e. The first-order valence-electron chi connectivity index (χ1n) is 11.8. The minimum atomic E-state index is -0.504. The van der Waals surface area contributed by atoms with Crippen LogP contribution in [0.5, 0.6) is 0 Å². The topological polar surface area (TPSA) is 98.6 Å². The number of carbonyl (C=O) groups excluding carboxylic acids is 2. The fourth-order valence-corrected chi connectivity index (χ4v) is 4.72. The summed E-state index contributed by atoms with van der Waals surface area (Å²) in [7, 11) is 1.34. The van der Waals surface area contributed by atoms with E-state index in [1.165, 1.54) is 13.5 Å². The van der Waals surface area contributed by atoms with E-state index in [2.05, 4.69) is 14.8 Å². The van der Waals surface area contributed by atoms with Crippen LogP contribution in [0.4, 0.5) is 11.4 Å². The van der Waals surface area contributed by atoms with Gasteiger partial charge in [-0.1, -0.05) is 6.42 Å². The van der Waals surface area contributed by atoms with Crippen molar-refractivity contribution in [3.8, 4) is 0 Å². The van der Waals surface area contributed by atoms with E-state index in [0.717, 1.165) is 61.7 Å². The molecule has 0 bridgehead atoms. The van der Waals surface area contributed by atoms with Gasteiger partial charge in [0.05, 0.1) is 37.1 Å². The number of morpholine rings is 1. The average molecular weight is 464 g/mol. The van der Waals surface area contributed by atoms with Gasteiger partial charge in [0.1, 0.15) is 11.3 Å². The fourth-order valence-electron chi connectivity index (χ4n) is 4.72. The summed E-state index contributed by atoms with van der Waals surface area (Å²) in [6.07, 6.45) is 4.21. The number of imidazole rings is 1. The molecule has 0 saturated carbocycles. The van der Waals surface area contributed by atoms with Gasteiger partial charge in [0.2, 0.25) is 0 Å². The summed E-state index contributed by atoms with van der Waals surface area (Å²) >= 11 is 0. The molecular formula is C25H29N5O4. The Kier molecular flexibility index (Phi) is 6.19. The number of pyridine rings is 1. The van der Waals surface area contributed by atoms with Gasteiger partial charge in [0, 0.05) is 37.4 Å². The van der Waals surface area contributed by atoms with Crippen LogP contribution >= 0.6 is 0 Å². The first-order valence-corrected chi connectivity index (χ1v) is 11.8. The average Bonchev–Trinajstić information content (AvgIpc) is 3.03. The molecule has 0 atom stereocenters. The number of amides is 1. The number of aryl methyl sites for hydroxylation is 3. The van der Waals surface area contributed by atoms with Crippen LogP contribution in [0.1, 0.15) is 51.5 Å². The Labute approximate surface area is 198 Å². The van der Waals surface area contributed by atoms with Gasteiger partial charge in [0.15, 0.2) is 5.65 Å². The van der Waals surface area contributed by atoms with E-state index in [0.29, 0.717) is 35.5 Å². The summed E-state index contributed by atoms with van der Waals surface area (Å²) in [6.45, 7) is 5.50. The number of carbonyl (C=O) groups is 2. The van der Waals surface area contributed by atoms with Gasteiger partial charge in [0.25, 0.3) is 5.91 Å². The van der Waals surface area contributed by atoms with Crippen LogP contribution in [0.2, 0.25) is 0 Å². The predicted molar refractivity (Wildman–Crippen MR) is 129 cm³/mol. The Morgan fingerprint density at radius 1 is 1.03 bits per heavy atom. The van der Waals surface area contributed by atoms with E-state index in [4.69, 9.17) is 19.4 Å². The molecular weight excluding hydrogens is 434 g/mol. The molecule has 0 spiro atoms. The number of rotatable bonds is 4. The molecule has 4 heterocycles. The van der Waals surface area contributed by atoms with Crippen LogP contribution < -0.4 is 10.2 Å². The molecule has 1 N–H and O–H groups in total. The highest BCUT2D eigenvalue weighted by molar-refractivity contribution is 6.13. The Balaban J connectivity index is 1.50. The van der Waals surface area contributed by atoms with E-state index in [-0.39, 0.29) is 5.91 Å². The van der Waals surface area contributed by atoms with E-state index >= 15 is 0 Å². The maximum atomic E-state index is 13.4. The van der Waals surface area contributed by atoms with Crippen molar-refractivity contribution >= 4 is 34.4 Å². The lowest BCUT2D eigenvalue weighted by Gasteiger charge is -2.29. The fraction of sp³-hybridized carbons (Fsp3) is 0.440. The second-order valence-corrected chi connectivity index (χ2v) is 8.75. The number of nitrogens with one attached hydrogen (secondary N) is 1. The van der Waals surface area contributed by atoms with Crippen LogP contribution in [0.15, 0.2) is 24.3 Å². The largest absolute Gasteiger partial charge is 0.465 e. The molecule has 5 rings (SSSR count). The lowest BCUT2D eigenvalue weighted by Crippen LogP contribution is -2.36. The van der Waals surface area contributed by atoms with Gasteiger partial charge in [-0.3, -0.25) is 4.79 Å². The van der Waals surface area contributed by atoms with Gasteiger partial charge in [-0.05, 0) is 44.0 Å². The van der Waals surface area contributed by atoms with Gasteiger partial charge in [-0.15, -0.1) is 0 Å².